The van der Waals surface area contributed by atoms with Crippen molar-refractivity contribution in [1.82, 2.24) is 0 Å². The van der Waals surface area contributed by atoms with Crippen molar-refractivity contribution in [2.45, 2.75) is 0 Å². The summed E-state index contributed by atoms with van der Waals surface area (Å²) in [6, 6.07) is 31.4. The number of rotatable bonds is 3. The van der Waals surface area contributed by atoms with Gasteiger partial charge in [-0.3, -0.25) is 0 Å². The standard InChI is InChI=1S/C40H38B12/c41-29-22(20-14-16-10-4-5-11-17(16)18-12-6-7-13-19(18)20)30(42)36(48)28(35(29)47)23-26-24(31(43)37(49)39(51)33(26)45)21(15-8-2-1-3-9-15)25-27(23)34(46)40(52)38(50)32(25)44/h1-14H,41-52H2. The number of fused-ring (bicyclic) bond motifs is 5. The van der Waals surface area contributed by atoms with Crippen molar-refractivity contribution in [2.24, 2.45) is 0 Å². The smallest absolute Gasteiger partial charge is 0.101 e. The maximum absolute atomic E-state index is 2.43. The normalized spacial score (nSPS) is 11.6. The molecule has 8 rings (SSSR count). The molecule has 0 unspecified atom stereocenters. The van der Waals surface area contributed by atoms with Gasteiger partial charge in [-0.2, -0.15) is 0 Å². The van der Waals surface area contributed by atoms with E-state index in [4.69, 9.17) is 0 Å². The van der Waals surface area contributed by atoms with E-state index in [9.17, 15) is 0 Å². The van der Waals surface area contributed by atoms with E-state index in [1.54, 1.807) is 0 Å². The molecule has 8 aromatic carbocycles. The Morgan fingerprint density at radius 1 is 0.269 bits per heavy atom. The van der Waals surface area contributed by atoms with Crippen molar-refractivity contribution >= 4 is 203 Å². The maximum Gasteiger partial charge on any atom is 0.139 e. The molecule has 52 heavy (non-hydrogen) atoms. The summed E-state index contributed by atoms with van der Waals surface area (Å²) in [6.45, 7) is 0. The first kappa shape index (κ1) is 34.7. The molecule has 0 radical (unpaired) electrons. The molecule has 0 aliphatic heterocycles. The Kier molecular flexibility index (Phi) is 8.41. The van der Waals surface area contributed by atoms with E-state index < -0.39 is 0 Å². The monoisotopic (exact) mass is 650 g/mol. The van der Waals surface area contributed by atoms with E-state index in [0.717, 1.165) is 0 Å². The lowest BCUT2D eigenvalue weighted by Gasteiger charge is -2.31. The molecular weight excluding hydrogens is 610 g/mol. The van der Waals surface area contributed by atoms with Crippen LogP contribution in [0.5, 0.6) is 0 Å². The molecule has 0 spiro atoms. The zero-order valence-corrected chi connectivity index (χ0v) is 33.1. The number of benzene rings is 8. The van der Waals surface area contributed by atoms with Crippen LogP contribution in [-0.4, -0.2) is 94.2 Å². The maximum atomic E-state index is 2.43. The van der Waals surface area contributed by atoms with Crippen molar-refractivity contribution in [3.8, 4) is 33.4 Å². The van der Waals surface area contributed by atoms with Gasteiger partial charge in [-0.05, 0) is 82.5 Å². The van der Waals surface area contributed by atoms with E-state index in [1.807, 2.05) is 0 Å². The first-order valence-electron chi connectivity index (χ1n) is 18.9. The third-order valence-electron chi connectivity index (χ3n) is 13.3. The van der Waals surface area contributed by atoms with Crippen molar-refractivity contribution in [3.63, 3.8) is 0 Å². The van der Waals surface area contributed by atoms with Crippen molar-refractivity contribution < 1.29 is 0 Å². The summed E-state index contributed by atoms with van der Waals surface area (Å²) >= 11 is 0. The number of hydrogen-bond acceptors (Lipinski definition) is 0. The van der Waals surface area contributed by atoms with E-state index >= 15 is 0 Å². The summed E-state index contributed by atoms with van der Waals surface area (Å²) in [6.07, 6.45) is 0. The average Bonchev–Trinajstić information content (AvgIpc) is 3.16. The van der Waals surface area contributed by atoms with Crippen molar-refractivity contribution in [2.75, 3.05) is 0 Å². The van der Waals surface area contributed by atoms with E-state index in [2.05, 4.69) is 179 Å². The van der Waals surface area contributed by atoms with Gasteiger partial charge in [0.05, 0.1) is 0 Å². The van der Waals surface area contributed by atoms with Crippen LogP contribution in [0.3, 0.4) is 0 Å². The minimum Gasteiger partial charge on any atom is -0.101 e. The first-order chi connectivity index (χ1) is 24.9. The topological polar surface area (TPSA) is 0 Å². The summed E-state index contributed by atoms with van der Waals surface area (Å²) in [7, 11) is 28.3. The van der Waals surface area contributed by atoms with Crippen LogP contribution in [0.25, 0.3) is 76.5 Å². The van der Waals surface area contributed by atoms with Gasteiger partial charge in [0.1, 0.15) is 94.2 Å². The van der Waals surface area contributed by atoms with Crippen LogP contribution in [0.1, 0.15) is 0 Å². The van der Waals surface area contributed by atoms with Gasteiger partial charge in [0.15, 0.2) is 0 Å². The van der Waals surface area contributed by atoms with Crippen molar-refractivity contribution in [3.05, 3.63) is 84.9 Å². The second kappa shape index (κ2) is 12.6. The van der Waals surface area contributed by atoms with E-state index in [0.29, 0.717) is 0 Å². The van der Waals surface area contributed by atoms with Crippen LogP contribution in [0.15, 0.2) is 84.9 Å². The fraction of sp³-hybridized carbons (Fsp3) is 0. The lowest BCUT2D eigenvalue weighted by Crippen LogP contribution is -2.50. The highest BCUT2D eigenvalue weighted by Crippen LogP contribution is 2.40. The molecule has 0 fully saturated rings. The SMILES string of the molecule is Bc1c(B)c(-c2c3c(B)c(B)c(B)c(B)c3c(-c3ccccc3)c3c(B)c(B)c(B)c(B)c23)c(B)c(B)c1-c1cc2ccccc2c2ccccc12. The van der Waals surface area contributed by atoms with Crippen LogP contribution >= 0.6 is 0 Å². The fourth-order valence-electron chi connectivity index (χ4n) is 9.62. The molecule has 0 atom stereocenters. The van der Waals surface area contributed by atoms with Gasteiger partial charge >= 0.3 is 0 Å². The third kappa shape index (κ3) is 4.79. The van der Waals surface area contributed by atoms with Crippen LogP contribution < -0.4 is 65.6 Å². The second-order valence-electron chi connectivity index (χ2n) is 15.6. The van der Waals surface area contributed by atoms with Crippen LogP contribution in [0.4, 0.5) is 0 Å². The average molecular weight is 648 g/mol. The Labute approximate surface area is 319 Å². The zero-order valence-electron chi connectivity index (χ0n) is 33.1. The molecule has 0 saturated heterocycles. The van der Waals surface area contributed by atoms with Gasteiger partial charge in [0, 0.05) is 0 Å². The van der Waals surface area contributed by atoms with Gasteiger partial charge in [-0.25, -0.2) is 0 Å². The predicted octanol–water partition coefficient (Wildman–Crippen LogP) is -9.60. The molecule has 0 N–H and O–H groups in total. The molecule has 0 amide bonds. The summed E-state index contributed by atoms with van der Waals surface area (Å²) in [5.41, 5.74) is 24.8. The molecule has 0 saturated carbocycles. The summed E-state index contributed by atoms with van der Waals surface area (Å²) < 4.78 is 0. The molecule has 234 valence electrons. The van der Waals surface area contributed by atoms with Gasteiger partial charge < -0.3 is 0 Å². The lowest BCUT2D eigenvalue weighted by molar-refractivity contribution is 1.69. The molecular formula is C40H38B12. The van der Waals surface area contributed by atoms with Crippen molar-refractivity contribution in [1.29, 1.82) is 0 Å². The Bertz CT molecular complexity index is 2750. The molecule has 0 aliphatic carbocycles. The largest absolute Gasteiger partial charge is 0.139 e. The van der Waals surface area contributed by atoms with Crippen LogP contribution in [0.2, 0.25) is 0 Å². The Hall–Kier alpha value is -4.42. The van der Waals surface area contributed by atoms with E-state index in [-0.39, 0.29) is 0 Å². The quantitative estimate of drug-likeness (QED) is 0.102. The van der Waals surface area contributed by atoms with Gasteiger partial charge in [0.25, 0.3) is 0 Å². The molecule has 0 bridgehead atoms. The van der Waals surface area contributed by atoms with Gasteiger partial charge in [-0.1, -0.05) is 123 Å². The predicted molar refractivity (Wildman–Crippen MR) is 271 cm³/mol. The molecule has 0 aromatic heterocycles. The Balaban J connectivity index is 1.62. The minimum atomic E-state index is 1.29. The first-order valence-corrected chi connectivity index (χ1v) is 18.9. The summed E-state index contributed by atoms with van der Waals surface area (Å²) in [5, 5.41) is 10.9. The molecule has 12 heteroatoms. The van der Waals surface area contributed by atoms with Crippen LogP contribution in [0, 0.1) is 0 Å². The fourth-order valence-corrected chi connectivity index (χ4v) is 9.62. The number of hydrogen-bond donors (Lipinski definition) is 0. The van der Waals surface area contributed by atoms with E-state index in [1.165, 1.54) is 142 Å². The Morgan fingerprint density at radius 2 is 0.654 bits per heavy atom. The highest BCUT2D eigenvalue weighted by Gasteiger charge is 2.28. The molecule has 8 aromatic rings. The molecule has 0 heterocycles. The zero-order chi connectivity index (χ0) is 36.9. The third-order valence-corrected chi connectivity index (χ3v) is 13.3. The van der Waals surface area contributed by atoms with Crippen LogP contribution in [-0.2, 0) is 0 Å². The summed E-state index contributed by atoms with van der Waals surface area (Å²) in [4.78, 5) is 0. The van der Waals surface area contributed by atoms with Gasteiger partial charge in [-0.15, -0.1) is 21.9 Å². The highest BCUT2D eigenvalue weighted by atomic mass is 14.3. The highest BCUT2D eigenvalue weighted by molar-refractivity contribution is 6.72. The second-order valence-corrected chi connectivity index (χ2v) is 15.6. The lowest BCUT2D eigenvalue weighted by atomic mass is 9.57. The Morgan fingerprint density at radius 3 is 1.15 bits per heavy atom. The minimum absolute atomic E-state index is 1.29. The molecule has 0 nitrogen and oxygen atoms in total. The van der Waals surface area contributed by atoms with Gasteiger partial charge in [0.2, 0.25) is 0 Å². The molecule has 0 aliphatic rings. The summed E-state index contributed by atoms with van der Waals surface area (Å²) in [5.74, 6) is 0.